The van der Waals surface area contributed by atoms with Crippen molar-refractivity contribution >= 4 is 28.8 Å². The van der Waals surface area contributed by atoms with Crippen molar-refractivity contribution in [3.05, 3.63) is 34.1 Å². The van der Waals surface area contributed by atoms with E-state index in [0.29, 0.717) is 12.4 Å². The van der Waals surface area contributed by atoms with Crippen LogP contribution in [0.1, 0.15) is 23.7 Å². The average molecular weight is 347 g/mol. The number of aromatic carboxylic acids is 1. The molecule has 1 saturated heterocycles. The molecule has 2 atom stereocenters. The SMILES string of the molecule is CCn1cc(C(=O)O)c(=O)c2ccc(N3CC(O)CC3C(=O)O)nc21. The molecule has 132 valence electrons. The molecule has 1 aliphatic rings. The number of carboxylic acid groups (broad SMARTS) is 2. The number of fused-ring (bicyclic) bond motifs is 1. The summed E-state index contributed by atoms with van der Waals surface area (Å²) in [6, 6.07) is 2.02. The number of aliphatic hydroxyl groups is 1. The Bertz CT molecular complexity index is 922. The summed E-state index contributed by atoms with van der Waals surface area (Å²) < 4.78 is 1.53. The first kappa shape index (κ1) is 16.9. The minimum absolute atomic E-state index is 0.0909. The summed E-state index contributed by atoms with van der Waals surface area (Å²) in [5.74, 6) is -2.06. The molecular formula is C16H17N3O6. The highest BCUT2D eigenvalue weighted by molar-refractivity contribution is 5.92. The molecule has 9 nitrogen and oxygen atoms in total. The van der Waals surface area contributed by atoms with E-state index in [-0.39, 0.29) is 29.6 Å². The predicted octanol–water partition coefficient (Wildman–Crippen LogP) is 0.139. The van der Waals surface area contributed by atoms with Crippen LogP contribution in [0, 0.1) is 0 Å². The van der Waals surface area contributed by atoms with Crippen LogP contribution >= 0.6 is 0 Å². The van der Waals surface area contributed by atoms with Gasteiger partial charge in [0.05, 0.1) is 11.5 Å². The highest BCUT2D eigenvalue weighted by Crippen LogP contribution is 2.26. The van der Waals surface area contributed by atoms with Gasteiger partial charge in [0.25, 0.3) is 0 Å². The van der Waals surface area contributed by atoms with Gasteiger partial charge in [-0.1, -0.05) is 0 Å². The summed E-state index contributed by atoms with van der Waals surface area (Å²) in [5, 5.41) is 28.4. The zero-order valence-electron chi connectivity index (χ0n) is 13.4. The van der Waals surface area contributed by atoms with Crippen molar-refractivity contribution in [1.29, 1.82) is 0 Å². The van der Waals surface area contributed by atoms with Crippen molar-refractivity contribution in [1.82, 2.24) is 9.55 Å². The van der Waals surface area contributed by atoms with E-state index in [2.05, 4.69) is 4.98 Å². The smallest absolute Gasteiger partial charge is 0.341 e. The Balaban J connectivity index is 2.17. The Morgan fingerprint density at radius 1 is 1.32 bits per heavy atom. The monoisotopic (exact) mass is 347 g/mol. The van der Waals surface area contributed by atoms with Crippen molar-refractivity contribution in [2.75, 3.05) is 11.4 Å². The first-order valence-electron chi connectivity index (χ1n) is 7.78. The fourth-order valence-electron chi connectivity index (χ4n) is 3.11. The first-order chi connectivity index (χ1) is 11.8. The number of anilines is 1. The second-order valence-electron chi connectivity index (χ2n) is 5.90. The lowest BCUT2D eigenvalue weighted by Crippen LogP contribution is -2.36. The number of rotatable bonds is 4. The summed E-state index contributed by atoms with van der Waals surface area (Å²) >= 11 is 0. The Morgan fingerprint density at radius 2 is 2.04 bits per heavy atom. The molecule has 2 aromatic rings. The number of carbonyl (C=O) groups is 2. The number of hydrogen-bond acceptors (Lipinski definition) is 6. The molecule has 1 aliphatic heterocycles. The third-order valence-electron chi connectivity index (χ3n) is 4.34. The van der Waals surface area contributed by atoms with Crippen LogP contribution in [0.3, 0.4) is 0 Å². The zero-order valence-corrected chi connectivity index (χ0v) is 13.4. The maximum Gasteiger partial charge on any atom is 0.341 e. The largest absolute Gasteiger partial charge is 0.480 e. The molecule has 3 N–H and O–H groups in total. The molecule has 0 amide bonds. The van der Waals surface area contributed by atoms with Crippen LogP contribution < -0.4 is 10.3 Å². The van der Waals surface area contributed by atoms with Crippen LogP contribution in [-0.2, 0) is 11.3 Å². The summed E-state index contributed by atoms with van der Waals surface area (Å²) in [6.45, 7) is 2.29. The van der Waals surface area contributed by atoms with Crippen molar-refractivity contribution in [3.63, 3.8) is 0 Å². The van der Waals surface area contributed by atoms with E-state index in [4.69, 9.17) is 5.11 Å². The minimum Gasteiger partial charge on any atom is -0.480 e. The number of hydrogen-bond donors (Lipinski definition) is 3. The summed E-state index contributed by atoms with van der Waals surface area (Å²) in [7, 11) is 0. The molecule has 0 spiro atoms. The van der Waals surface area contributed by atoms with Gasteiger partial charge in [-0.15, -0.1) is 0 Å². The van der Waals surface area contributed by atoms with E-state index in [1.807, 2.05) is 0 Å². The number of aliphatic carboxylic acids is 1. The van der Waals surface area contributed by atoms with E-state index in [0.717, 1.165) is 0 Å². The van der Waals surface area contributed by atoms with Gasteiger partial charge in [0.1, 0.15) is 23.1 Å². The highest BCUT2D eigenvalue weighted by Gasteiger charge is 2.37. The van der Waals surface area contributed by atoms with Gasteiger partial charge in [0, 0.05) is 25.7 Å². The van der Waals surface area contributed by atoms with Gasteiger partial charge in [-0.3, -0.25) is 4.79 Å². The second kappa shape index (κ2) is 6.17. The van der Waals surface area contributed by atoms with Crippen LogP contribution in [0.4, 0.5) is 5.82 Å². The van der Waals surface area contributed by atoms with Crippen LogP contribution in [0.25, 0.3) is 11.0 Å². The lowest BCUT2D eigenvalue weighted by atomic mass is 10.2. The third kappa shape index (κ3) is 2.82. The van der Waals surface area contributed by atoms with Crippen LogP contribution in [-0.4, -0.2) is 55.5 Å². The predicted molar refractivity (Wildman–Crippen MR) is 88.0 cm³/mol. The van der Waals surface area contributed by atoms with E-state index < -0.39 is 29.5 Å². The number of carboxylic acids is 2. The fourth-order valence-corrected chi connectivity index (χ4v) is 3.11. The standard InChI is InChI=1S/C16H17N3O6/c1-2-18-7-10(15(22)23)13(21)9-3-4-12(17-14(9)18)19-6-8(20)5-11(19)16(24)25/h3-4,7-8,11,20H,2,5-6H2,1H3,(H,22,23)(H,24,25). The topological polar surface area (TPSA) is 133 Å². The number of aliphatic hydroxyl groups excluding tert-OH is 1. The maximum absolute atomic E-state index is 12.3. The average Bonchev–Trinajstić information content (AvgIpc) is 2.97. The quantitative estimate of drug-likeness (QED) is 0.711. The fraction of sp³-hybridized carbons (Fsp3) is 0.375. The van der Waals surface area contributed by atoms with E-state index in [1.54, 1.807) is 6.92 Å². The molecule has 0 aromatic carbocycles. The molecule has 3 rings (SSSR count). The lowest BCUT2D eigenvalue weighted by molar-refractivity contribution is -0.138. The molecule has 0 bridgehead atoms. The third-order valence-corrected chi connectivity index (χ3v) is 4.34. The van der Waals surface area contributed by atoms with Gasteiger partial charge in [-0.05, 0) is 19.1 Å². The van der Waals surface area contributed by atoms with Crippen LogP contribution in [0.2, 0.25) is 0 Å². The molecule has 0 saturated carbocycles. The van der Waals surface area contributed by atoms with Crippen molar-refractivity contribution in [2.45, 2.75) is 32.0 Å². The lowest BCUT2D eigenvalue weighted by Gasteiger charge is -2.23. The molecule has 3 heterocycles. The maximum atomic E-state index is 12.3. The van der Waals surface area contributed by atoms with E-state index in [9.17, 15) is 24.6 Å². The van der Waals surface area contributed by atoms with Gasteiger partial charge in [-0.25, -0.2) is 14.6 Å². The molecule has 2 unspecified atom stereocenters. The molecule has 0 radical (unpaired) electrons. The second-order valence-corrected chi connectivity index (χ2v) is 5.90. The Kier molecular flexibility index (Phi) is 4.17. The van der Waals surface area contributed by atoms with Crippen LogP contribution in [0.15, 0.2) is 23.1 Å². The summed E-state index contributed by atoms with van der Waals surface area (Å²) in [5.41, 5.74) is -0.702. The van der Waals surface area contributed by atoms with Gasteiger partial charge in [-0.2, -0.15) is 0 Å². The Labute approximate surface area is 141 Å². The molecular weight excluding hydrogens is 330 g/mol. The number of aromatic nitrogens is 2. The zero-order chi connectivity index (χ0) is 18.3. The van der Waals surface area contributed by atoms with Crippen molar-refractivity contribution < 1.29 is 24.9 Å². The molecule has 2 aromatic heterocycles. The molecule has 25 heavy (non-hydrogen) atoms. The van der Waals surface area contributed by atoms with Crippen molar-refractivity contribution in [3.8, 4) is 0 Å². The number of nitrogens with zero attached hydrogens (tertiary/aromatic N) is 3. The Morgan fingerprint density at radius 3 is 2.64 bits per heavy atom. The molecule has 0 aliphatic carbocycles. The normalized spacial score (nSPS) is 20.2. The molecule has 1 fully saturated rings. The summed E-state index contributed by atoms with van der Waals surface area (Å²) in [4.78, 5) is 40.8. The first-order valence-corrected chi connectivity index (χ1v) is 7.78. The number of β-amino-alcohol motifs (C(OH)–C–C–N with tert-alkyl or cyclic N) is 1. The number of pyridine rings is 2. The van der Waals surface area contributed by atoms with Gasteiger partial charge in [0.15, 0.2) is 0 Å². The van der Waals surface area contributed by atoms with Gasteiger partial charge in [0.2, 0.25) is 5.43 Å². The number of aryl methyl sites for hydroxylation is 1. The minimum atomic E-state index is -1.31. The van der Waals surface area contributed by atoms with E-state index in [1.165, 1.54) is 27.8 Å². The molecule has 9 heteroatoms. The van der Waals surface area contributed by atoms with Gasteiger partial charge >= 0.3 is 11.9 Å². The Hall–Kier alpha value is -2.94. The van der Waals surface area contributed by atoms with Gasteiger partial charge < -0.3 is 24.8 Å². The van der Waals surface area contributed by atoms with Crippen LogP contribution in [0.5, 0.6) is 0 Å². The summed E-state index contributed by atoms with van der Waals surface area (Å²) in [6.07, 6.45) is 0.548. The van der Waals surface area contributed by atoms with Crippen molar-refractivity contribution in [2.24, 2.45) is 0 Å². The van der Waals surface area contributed by atoms with E-state index >= 15 is 0 Å². The highest BCUT2D eigenvalue weighted by atomic mass is 16.4.